The smallest absolute Gasteiger partial charge is 0.146 e. The fourth-order valence-corrected chi connectivity index (χ4v) is 1.59. The normalized spacial score (nSPS) is 10.9. The summed E-state index contributed by atoms with van der Waals surface area (Å²) in [5, 5.41) is 0. The molecule has 0 radical (unpaired) electrons. The second kappa shape index (κ2) is 5.71. The standard InChI is InChI=1S/C12H19FN2/c1-3-7-15(4-2)9-10-5-6-12(14)11(13)8-10/h5-6,8H,3-4,7,9,14H2,1-2H3. The number of halogens is 1. The van der Waals surface area contributed by atoms with E-state index in [0.29, 0.717) is 0 Å². The molecule has 2 nitrogen and oxygen atoms in total. The number of benzene rings is 1. The maximum atomic E-state index is 13.2. The van der Waals surface area contributed by atoms with Gasteiger partial charge in [0.1, 0.15) is 5.82 Å². The monoisotopic (exact) mass is 210 g/mol. The van der Waals surface area contributed by atoms with E-state index in [9.17, 15) is 4.39 Å². The van der Waals surface area contributed by atoms with Crippen molar-refractivity contribution in [3.05, 3.63) is 29.6 Å². The first-order chi connectivity index (χ1) is 7.17. The fraction of sp³-hybridized carbons (Fsp3) is 0.500. The van der Waals surface area contributed by atoms with Gasteiger partial charge in [0.2, 0.25) is 0 Å². The molecule has 1 aromatic carbocycles. The van der Waals surface area contributed by atoms with Gasteiger partial charge in [-0.2, -0.15) is 0 Å². The lowest BCUT2D eigenvalue weighted by atomic mass is 10.2. The molecule has 0 unspecified atom stereocenters. The van der Waals surface area contributed by atoms with Crippen molar-refractivity contribution in [1.29, 1.82) is 0 Å². The molecule has 3 heteroatoms. The van der Waals surface area contributed by atoms with Gasteiger partial charge in [0.15, 0.2) is 0 Å². The Bertz CT molecular complexity index is 312. The van der Waals surface area contributed by atoms with Crippen LogP contribution >= 0.6 is 0 Å². The van der Waals surface area contributed by atoms with Crippen molar-refractivity contribution < 1.29 is 4.39 Å². The van der Waals surface area contributed by atoms with E-state index >= 15 is 0 Å². The molecule has 0 fully saturated rings. The van der Waals surface area contributed by atoms with E-state index in [1.165, 1.54) is 6.07 Å². The zero-order chi connectivity index (χ0) is 11.3. The molecule has 0 saturated heterocycles. The molecule has 2 N–H and O–H groups in total. The highest BCUT2D eigenvalue weighted by molar-refractivity contribution is 5.41. The zero-order valence-electron chi connectivity index (χ0n) is 9.46. The van der Waals surface area contributed by atoms with E-state index in [0.717, 1.165) is 31.6 Å². The van der Waals surface area contributed by atoms with E-state index in [2.05, 4.69) is 18.7 Å². The van der Waals surface area contributed by atoms with Crippen LogP contribution in [0.2, 0.25) is 0 Å². The van der Waals surface area contributed by atoms with Crippen LogP contribution in [0.5, 0.6) is 0 Å². The van der Waals surface area contributed by atoms with Crippen molar-refractivity contribution in [3.63, 3.8) is 0 Å². The first-order valence-electron chi connectivity index (χ1n) is 5.43. The molecule has 0 spiro atoms. The van der Waals surface area contributed by atoms with Crippen LogP contribution in [0.3, 0.4) is 0 Å². The van der Waals surface area contributed by atoms with Crippen molar-refractivity contribution in [2.75, 3.05) is 18.8 Å². The lowest BCUT2D eigenvalue weighted by Gasteiger charge is -2.19. The minimum Gasteiger partial charge on any atom is -0.396 e. The molecule has 1 aromatic rings. The Balaban J connectivity index is 2.66. The molecule has 0 saturated carbocycles. The van der Waals surface area contributed by atoms with Crippen LogP contribution in [0.25, 0.3) is 0 Å². The molecule has 1 rings (SSSR count). The topological polar surface area (TPSA) is 29.3 Å². The van der Waals surface area contributed by atoms with Crippen molar-refractivity contribution in [2.45, 2.75) is 26.8 Å². The number of hydrogen-bond acceptors (Lipinski definition) is 2. The van der Waals surface area contributed by atoms with Gasteiger partial charge in [-0.1, -0.05) is 19.9 Å². The summed E-state index contributed by atoms with van der Waals surface area (Å²) in [6, 6.07) is 5.04. The van der Waals surface area contributed by atoms with Gasteiger partial charge in [0, 0.05) is 6.54 Å². The molecule has 0 bridgehead atoms. The van der Waals surface area contributed by atoms with Crippen LogP contribution < -0.4 is 5.73 Å². The second-order valence-corrected chi connectivity index (χ2v) is 3.72. The molecule has 0 aromatic heterocycles. The predicted molar refractivity (Wildman–Crippen MR) is 62.1 cm³/mol. The SMILES string of the molecule is CCCN(CC)Cc1ccc(N)c(F)c1. The second-order valence-electron chi connectivity index (χ2n) is 3.72. The largest absolute Gasteiger partial charge is 0.396 e. The zero-order valence-corrected chi connectivity index (χ0v) is 9.46. The van der Waals surface area contributed by atoms with E-state index < -0.39 is 0 Å². The first-order valence-corrected chi connectivity index (χ1v) is 5.43. The van der Waals surface area contributed by atoms with E-state index in [1.807, 2.05) is 6.07 Å². The van der Waals surface area contributed by atoms with Crippen LogP contribution in [-0.2, 0) is 6.54 Å². The van der Waals surface area contributed by atoms with Gasteiger partial charge < -0.3 is 5.73 Å². The van der Waals surface area contributed by atoms with Gasteiger partial charge in [0.05, 0.1) is 5.69 Å². The minimum atomic E-state index is -0.319. The van der Waals surface area contributed by atoms with Crippen molar-refractivity contribution in [2.24, 2.45) is 0 Å². The summed E-state index contributed by atoms with van der Waals surface area (Å²) in [5.41, 5.74) is 6.63. The van der Waals surface area contributed by atoms with Crippen LogP contribution in [0.15, 0.2) is 18.2 Å². The van der Waals surface area contributed by atoms with Gasteiger partial charge in [-0.05, 0) is 37.2 Å². The highest BCUT2D eigenvalue weighted by Gasteiger charge is 2.04. The third kappa shape index (κ3) is 3.51. The fourth-order valence-electron chi connectivity index (χ4n) is 1.59. The average molecular weight is 210 g/mol. The van der Waals surface area contributed by atoms with Gasteiger partial charge in [-0.25, -0.2) is 4.39 Å². The lowest BCUT2D eigenvalue weighted by molar-refractivity contribution is 0.280. The van der Waals surface area contributed by atoms with Gasteiger partial charge in [-0.15, -0.1) is 0 Å². The molecule has 0 aliphatic rings. The van der Waals surface area contributed by atoms with Gasteiger partial charge >= 0.3 is 0 Å². The Morgan fingerprint density at radius 1 is 1.33 bits per heavy atom. The number of rotatable bonds is 5. The Hall–Kier alpha value is -1.09. The van der Waals surface area contributed by atoms with Gasteiger partial charge in [-0.3, -0.25) is 4.90 Å². The highest BCUT2D eigenvalue weighted by Crippen LogP contribution is 2.13. The number of nitrogens with two attached hydrogens (primary N) is 1. The third-order valence-corrected chi connectivity index (χ3v) is 2.46. The van der Waals surface area contributed by atoms with Crippen LogP contribution in [0, 0.1) is 5.82 Å². The molecule has 0 aliphatic heterocycles. The molecular weight excluding hydrogens is 191 g/mol. The Morgan fingerprint density at radius 3 is 2.60 bits per heavy atom. The van der Waals surface area contributed by atoms with E-state index in [1.54, 1.807) is 6.07 Å². The summed E-state index contributed by atoms with van der Waals surface area (Å²) in [4.78, 5) is 2.28. The Kier molecular flexibility index (Phi) is 4.56. The Labute approximate surface area is 90.9 Å². The summed E-state index contributed by atoms with van der Waals surface area (Å²) in [6.07, 6.45) is 1.12. The van der Waals surface area contributed by atoms with Crippen molar-refractivity contribution in [1.82, 2.24) is 4.90 Å². The number of hydrogen-bond donors (Lipinski definition) is 1. The molecule has 84 valence electrons. The summed E-state index contributed by atoms with van der Waals surface area (Å²) >= 11 is 0. The highest BCUT2D eigenvalue weighted by atomic mass is 19.1. The molecule has 0 aliphatic carbocycles. The minimum absolute atomic E-state index is 0.220. The number of nitrogen functional groups attached to an aromatic ring is 1. The first kappa shape index (κ1) is 12.0. The van der Waals surface area contributed by atoms with Crippen LogP contribution in [-0.4, -0.2) is 18.0 Å². The summed E-state index contributed by atoms with van der Waals surface area (Å²) in [5.74, 6) is -0.319. The Morgan fingerprint density at radius 2 is 2.07 bits per heavy atom. The summed E-state index contributed by atoms with van der Waals surface area (Å²) in [6.45, 7) is 7.08. The molecule has 0 heterocycles. The quantitative estimate of drug-likeness (QED) is 0.757. The van der Waals surface area contributed by atoms with Gasteiger partial charge in [0.25, 0.3) is 0 Å². The van der Waals surface area contributed by atoms with E-state index in [-0.39, 0.29) is 11.5 Å². The van der Waals surface area contributed by atoms with Crippen molar-refractivity contribution in [3.8, 4) is 0 Å². The van der Waals surface area contributed by atoms with Crippen molar-refractivity contribution >= 4 is 5.69 Å². The predicted octanol–water partition coefficient (Wildman–Crippen LogP) is 2.64. The lowest BCUT2D eigenvalue weighted by Crippen LogP contribution is -2.23. The molecule has 0 amide bonds. The maximum Gasteiger partial charge on any atom is 0.146 e. The van der Waals surface area contributed by atoms with Crippen LogP contribution in [0.4, 0.5) is 10.1 Å². The van der Waals surface area contributed by atoms with Crippen LogP contribution in [0.1, 0.15) is 25.8 Å². The average Bonchev–Trinajstić information content (AvgIpc) is 2.23. The molecule has 0 atom stereocenters. The third-order valence-electron chi connectivity index (χ3n) is 2.46. The summed E-state index contributed by atoms with van der Waals surface area (Å²) < 4.78 is 13.2. The molecular formula is C12H19FN2. The maximum absolute atomic E-state index is 13.2. The van der Waals surface area contributed by atoms with E-state index in [4.69, 9.17) is 5.73 Å². The number of anilines is 1. The molecule has 15 heavy (non-hydrogen) atoms. The number of nitrogens with zero attached hydrogens (tertiary/aromatic N) is 1. The summed E-state index contributed by atoms with van der Waals surface area (Å²) in [7, 11) is 0.